The molecule has 0 fully saturated rings. The summed E-state index contributed by atoms with van der Waals surface area (Å²) in [5.41, 5.74) is 0. The molecule has 1 aromatic heterocycles. The molecule has 1 aromatic rings. The van der Waals surface area contributed by atoms with E-state index in [0.29, 0.717) is 0 Å². The minimum Gasteiger partial charge on any atom is -1.00 e. The van der Waals surface area contributed by atoms with Crippen molar-refractivity contribution < 1.29 is 33.9 Å². The standard InChI is InChI=1S/C8H16N.C6H11N2.2ClH/c1-5-7-9(3,4)8-6-2;1-3-8-5-4-7(2)6-8;;/h5-6H,1-2,7-8H2,3-4H3;4-6H,3H2,1-2H3;2*1H/q2*+1;;/p-2. The molecule has 0 saturated heterocycles. The van der Waals surface area contributed by atoms with Crippen LogP contribution in [0.15, 0.2) is 44.0 Å². The van der Waals surface area contributed by atoms with Crippen molar-refractivity contribution in [1.82, 2.24) is 4.57 Å². The average Bonchev–Trinajstić information content (AvgIpc) is 2.65. The minimum atomic E-state index is 0. The summed E-state index contributed by atoms with van der Waals surface area (Å²) >= 11 is 0. The predicted molar refractivity (Wildman–Crippen MR) is 73.5 cm³/mol. The lowest BCUT2D eigenvalue weighted by Crippen LogP contribution is -3.00. The zero-order valence-electron chi connectivity index (χ0n) is 12.5. The highest BCUT2D eigenvalue weighted by molar-refractivity contribution is 4.69. The molecule has 0 saturated carbocycles. The van der Waals surface area contributed by atoms with Crippen LogP contribution in [-0.2, 0) is 13.6 Å². The summed E-state index contributed by atoms with van der Waals surface area (Å²) in [4.78, 5) is 0. The lowest BCUT2D eigenvalue weighted by atomic mass is 10.4. The molecule has 0 amide bonds. The van der Waals surface area contributed by atoms with Crippen molar-refractivity contribution in [2.75, 3.05) is 27.2 Å². The molecule has 0 radical (unpaired) electrons. The fraction of sp³-hybridized carbons (Fsp3) is 0.500. The first-order valence-electron chi connectivity index (χ1n) is 6.00. The van der Waals surface area contributed by atoms with Crippen molar-refractivity contribution >= 4 is 0 Å². The number of likely N-dealkylation sites (N-methyl/N-ethyl adjacent to an activating group) is 1. The van der Waals surface area contributed by atoms with Crippen molar-refractivity contribution in [2.45, 2.75) is 13.5 Å². The maximum absolute atomic E-state index is 3.68. The fourth-order valence-corrected chi connectivity index (χ4v) is 1.46. The Morgan fingerprint density at radius 2 is 1.63 bits per heavy atom. The summed E-state index contributed by atoms with van der Waals surface area (Å²) in [5.74, 6) is 0. The molecule has 0 N–H and O–H groups in total. The third-order valence-electron chi connectivity index (χ3n) is 2.44. The molecular weight excluding hydrogens is 281 g/mol. The highest BCUT2D eigenvalue weighted by atomic mass is 35.5. The van der Waals surface area contributed by atoms with Gasteiger partial charge in [0.1, 0.15) is 12.4 Å². The zero-order chi connectivity index (χ0) is 13.3. The van der Waals surface area contributed by atoms with Gasteiger partial charge in [-0.25, -0.2) is 9.13 Å². The largest absolute Gasteiger partial charge is 1.00 e. The van der Waals surface area contributed by atoms with E-state index in [4.69, 9.17) is 0 Å². The summed E-state index contributed by atoms with van der Waals surface area (Å²) < 4.78 is 5.11. The molecule has 0 atom stereocenters. The molecular formula is C14H27Cl2N3. The predicted octanol–water partition coefficient (Wildman–Crippen LogP) is -4.22. The van der Waals surface area contributed by atoms with Gasteiger partial charge in [0.25, 0.3) is 0 Å². The van der Waals surface area contributed by atoms with E-state index in [1.807, 2.05) is 30.0 Å². The van der Waals surface area contributed by atoms with E-state index in [1.54, 1.807) is 0 Å². The molecule has 1 rings (SSSR count). The van der Waals surface area contributed by atoms with Crippen molar-refractivity contribution in [1.29, 1.82) is 0 Å². The molecule has 0 aliphatic carbocycles. The summed E-state index contributed by atoms with van der Waals surface area (Å²) in [6.07, 6.45) is 10.0. The van der Waals surface area contributed by atoms with E-state index in [2.05, 4.69) is 51.3 Å². The number of aromatic nitrogens is 2. The van der Waals surface area contributed by atoms with Gasteiger partial charge in [0, 0.05) is 0 Å². The number of halogens is 2. The average molecular weight is 308 g/mol. The van der Waals surface area contributed by atoms with Crippen LogP contribution in [0.1, 0.15) is 6.92 Å². The number of imidazole rings is 1. The molecule has 0 unspecified atom stereocenters. The number of aryl methyl sites for hydroxylation is 2. The SMILES string of the molecule is C=CC[N+](C)(C)CC=C.CCn1cc[n+](C)c1.[Cl-].[Cl-]. The highest BCUT2D eigenvalue weighted by Gasteiger charge is 2.07. The Balaban J connectivity index is -0.000000244. The van der Waals surface area contributed by atoms with Crippen molar-refractivity contribution in [2.24, 2.45) is 7.05 Å². The van der Waals surface area contributed by atoms with Crippen LogP contribution < -0.4 is 29.4 Å². The van der Waals surface area contributed by atoms with Crippen molar-refractivity contribution in [3.05, 3.63) is 44.0 Å². The van der Waals surface area contributed by atoms with Gasteiger partial charge in [0.15, 0.2) is 0 Å². The van der Waals surface area contributed by atoms with Crippen LogP contribution in [0, 0.1) is 0 Å². The molecule has 0 bridgehead atoms. The molecule has 0 spiro atoms. The maximum atomic E-state index is 3.68. The first-order valence-corrected chi connectivity index (χ1v) is 6.00. The molecule has 112 valence electrons. The van der Waals surface area contributed by atoms with Crippen molar-refractivity contribution in [3.8, 4) is 0 Å². The fourth-order valence-electron chi connectivity index (χ4n) is 1.46. The van der Waals surface area contributed by atoms with Crippen LogP contribution in [0.3, 0.4) is 0 Å². The number of hydrogen-bond donors (Lipinski definition) is 0. The van der Waals surface area contributed by atoms with Gasteiger partial charge in [-0.15, -0.1) is 0 Å². The third-order valence-corrected chi connectivity index (χ3v) is 2.44. The Morgan fingerprint density at radius 1 is 1.16 bits per heavy atom. The minimum absolute atomic E-state index is 0. The van der Waals surface area contributed by atoms with Crippen LogP contribution in [0.2, 0.25) is 0 Å². The Hall–Kier alpha value is -0.770. The maximum Gasteiger partial charge on any atom is 0.243 e. The van der Waals surface area contributed by atoms with Gasteiger partial charge in [-0.05, 0) is 19.1 Å². The van der Waals surface area contributed by atoms with Gasteiger partial charge in [-0.3, -0.25) is 0 Å². The van der Waals surface area contributed by atoms with Gasteiger partial charge in [0.05, 0.1) is 40.8 Å². The van der Waals surface area contributed by atoms with Gasteiger partial charge >= 0.3 is 0 Å². The first kappa shape index (κ1) is 23.3. The summed E-state index contributed by atoms with van der Waals surface area (Å²) in [6, 6.07) is 0. The van der Waals surface area contributed by atoms with Crippen LogP contribution in [-0.4, -0.2) is 36.2 Å². The lowest BCUT2D eigenvalue weighted by Gasteiger charge is -2.26. The normalized spacial score (nSPS) is 9.26. The van der Waals surface area contributed by atoms with Crippen LogP contribution in [0.5, 0.6) is 0 Å². The topological polar surface area (TPSA) is 8.81 Å². The second-order valence-corrected chi connectivity index (χ2v) is 4.79. The van der Waals surface area contributed by atoms with Gasteiger partial charge in [-0.1, -0.05) is 13.2 Å². The second kappa shape index (κ2) is 12.3. The lowest BCUT2D eigenvalue weighted by molar-refractivity contribution is -0.878. The van der Waals surface area contributed by atoms with E-state index < -0.39 is 0 Å². The monoisotopic (exact) mass is 307 g/mol. The molecule has 3 nitrogen and oxygen atoms in total. The van der Waals surface area contributed by atoms with Crippen LogP contribution >= 0.6 is 0 Å². The Morgan fingerprint density at radius 3 is 1.84 bits per heavy atom. The summed E-state index contributed by atoms with van der Waals surface area (Å²) in [7, 11) is 6.33. The summed E-state index contributed by atoms with van der Waals surface area (Å²) in [6.45, 7) is 12.5. The van der Waals surface area contributed by atoms with Crippen LogP contribution in [0.25, 0.3) is 0 Å². The number of hydrogen-bond acceptors (Lipinski definition) is 0. The van der Waals surface area contributed by atoms with Gasteiger partial charge < -0.3 is 29.3 Å². The number of quaternary nitrogens is 1. The van der Waals surface area contributed by atoms with E-state index in [1.165, 1.54) is 0 Å². The smallest absolute Gasteiger partial charge is 0.243 e. The Bertz CT molecular complexity index is 334. The third kappa shape index (κ3) is 12.0. The number of nitrogens with zero attached hydrogens (tertiary/aromatic N) is 3. The molecule has 1 heterocycles. The highest BCUT2D eigenvalue weighted by Crippen LogP contribution is 1.95. The second-order valence-electron chi connectivity index (χ2n) is 4.79. The molecule has 19 heavy (non-hydrogen) atoms. The molecule has 0 aromatic carbocycles. The molecule has 0 aliphatic rings. The van der Waals surface area contributed by atoms with E-state index >= 15 is 0 Å². The molecule has 5 heteroatoms. The number of rotatable bonds is 5. The van der Waals surface area contributed by atoms with E-state index in [0.717, 1.165) is 24.1 Å². The van der Waals surface area contributed by atoms with E-state index in [9.17, 15) is 0 Å². The Labute approximate surface area is 130 Å². The summed E-state index contributed by atoms with van der Waals surface area (Å²) in [5, 5.41) is 0. The van der Waals surface area contributed by atoms with Crippen molar-refractivity contribution in [3.63, 3.8) is 0 Å². The Kier molecular flexibility index (Phi) is 15.1. The van der Waals surface area contributed by atoms with Crippen LogP contribution in [0.4, 0.5) is 0 Å². The molecule has 0 aliphatic heterocycles. The van der Waals surface area contributed by atoms with Gasteiger partial charge in [0.2, 0.25) is 6.33 Å². The van der Waals surface area contributed by atoms with Gasteiger partial charge in [-0.2, -0.15) is 0 Å². The first-order chi connectivity index (χ1) is 7.95. The zero-order valence-corrected chi connectivity index (χ0v) is 14.0. The quantitative estimate of drug-likeness (QED) is 0.296. The van der Waals surface area contributed by atoms with E-state index in [-0.39, 0.29) is 24.8 Å².